The van der Waals surface area contributed by atoms with Gasteiger partial charge in [-0.2, -0.15) is 0 Å². The molecule has 0 atom stereocenters. The van der Waals surface area contributed by atoms with Gasteiger partial charge in [-0.05, 0) is 44.9 Å². The second-order valence-corrected chi connectivity index (χ2v) is 7.02. The quantitative estimate of drug-likeness (QED) is 0.840. The molecule has 1 N–H and O–H groups in total. The predicted octanol–water partition coefficient (Wildman–Crippen LogP) is 2.35. The van der Waals surface area contributed by atoms with Crippen LogP contribution in [-0.2, 0) is 16.0 Å². The van der Waals surface area contributed by atoms with E-state index in [0.717, 1.165) is 31.7 Å². The van der Waals surface area contributed by atoms with E-state index in [-0.39, 0.29) is 6.09 Å². The Morgan fingerprint density at radius 3 is 2.33 bits per heavy atom. The minimum absolute atomic E-state index is 0.222. The Labute approximate surface area is 143 Å². The van der Waals surface area contributed by atoms with Gasteiger partial charge in [0.25, 0.3) is 0 Å². The van der Waals surface area contributed by atoms with E-state index < -0.39 is 5.60 Å². The molecule has 0 unspecified atom stereocenters. The van der Waals surface area contributed by atoms with Crippen molar-refractivity contribution in [3.05, 3.63) is 29.8 Å². The lowest BCUT2D eigenvalue weighted by Gasteiger charge is -2.35. The van der Waals surface area contributed by atoms with E-state index in [1.165, 1.54) is 5.56 Å². The summed E-state index contributed by atoms with van der Waals surface area (Å²) in [6, 6.07) is 7.87. The molecule has 0 aliphatic carbocycles. The average Bonchev–Trinajstić information content (AvgIpc) is 2.53. The number of hydrogen-bond donors (Lipinski definition) is 1. The zero-order chi connectivity index (χ0) is 17.6. The van der Waals surface area contributed by atoms with Crippen LogP contribution in [0.2, 0.25) is 0 Å². The van der Waals surface area contributed by atoms with Crippen molar-refractivity contribution in [2.24, 2.45) is 0 Å². The number of benzene rings is 1. The first-order valence-corrected chi connectivity index (χ1v) is 8.37. The predicted molar refractivity (Wildman–Crippen MR) is 94.1 cm³/mol. The van der Waals surface area contributed by atoms with E-state index in [4.69, 9.17) is 4.74 Å². The van der Waals surface area contributed by atoms with Crippen LogP contribution >= 0.6 is 0 Å². The van der Waals surface area contributed by atoms with Crippen molar-refractivity contribution in [2.75, 3.05) is 38.0 Å². The zero-order valence-corrected chi connectivity index (χ0v) is 14.7. The molecule has 6 heteroatoms. The first kappa shape index (κ1) is 18.3. The molecule has 24 heavy (non-hydrogen) atoms. The number of carbonyl (C=O) groups is 2. The van der Waals surface area contributed by atoms with Crippen molar-refractivity contribution in [1.29, 1.82) is 0 Å². The number of rotatable bonds is 5. The van der Waals surface area contributed by atoms with Gasteiger partial charge >= 0.3 is 6.09 Å². The number of hydrogen-bond acceptors (Lipinski definition) is 4. The SMILES string of the molecule is CC(C)(C)OC(=O)N1CCN(CCc2ccc(NC=O)cc2)CC1. The van der Waals surface area contributed by atoms with E-state index in [0.29, 0.717) is 19.5 Å². The van der Waals surface area contributed by atoms with Crippen LogP contribution in [0.4, 0.5) is 10.5 Å². The molecule has 1 aromatic rings. The van der Waals surface area contributed by atoms with Gasteiger partial charge in [0, 0.05) is 38.4 Å². The van der Waals surface area contributed by atoms with Crippen LogP contribution in [0, 0.1) is 0 Å². The molecular weight excluding hydrogens is 306 g/mol. The lowest BCUT2D eigenvalue weighted by atomic mass is 10.1. The summed E-state index contributed by atoms with van der Waals surface area (Å²) < 4.78 is 5.41. The third kappa shape index (κ3) is 5.85. The maximum Gasteiger partial charge on any atom is 0.410 e. The Morgan fingerprint density at radius 1 is 1.17 bits per heavy atom. The standard InChI is InChI=1S/C18H27N3O3/c1-18(2,3)24-17(23)21-12-10-20(11-13-21)9-8-15-4-6-16(7-5-15)19-14-22/h4-7,14H,8-13H2,1-3H3,(H,19,22). The average molecular weight is 333 g/mol. The molecule has 1 aliphatic heterocycles. The highest BCUT2D eigenvalue weighted by Crippen LogP contribution is 2.13. The highest BCUT2D eigenvalue weighted by atomic mass is 16.6. The molecule has 1 heterocycles. The second kappa shape index (κ2) is 8.15. The minimum atomic E-state index is -0.445. The molecule has 1 fully saturated rings. The molecule has 1 aromatic carbocycles. The highest BCUT2D eigenvalue weighted by Gasteiger charge is 2.25. The van der Waals surface area contributed by atoms with Crippen LogP contribution < -0.4 is 5.32 Å². The van der Waals surface area contributed by atoms with E-state index >= 15 is 0 Å². The Balaban J connectivity index is 1.73. The summed E-state index contributed by atoms with van der Waals surface area (Å²) in [7, 11) is 0. The van der Waals surface area contributed by atoms with E-state index in [1.54, 1.807) is 4.90 Å². The summed E-state index contributed by atoms with van der Waals surface area (Å²) in [6.07, 6.45) is 1.41. The molecule has 0 bridgehead atoms. The largest absolute Gasteiger partial charge is 0.444 e. The third-order valence-electron chi connectivity index (χ3n) is 3.92. The van der Waals surface area contributed by atoms with Gasteiger partial charge in [-0.3, -0.25) is 9.69 Å². The topological polar surface area (TPSA) is 61.9 Å². The second-order valence-electron chi connectivity index (χ2n) is 7.02. The molecule has 0 saturated carbocycles. The molecule has 0 aromatic heterocycles. The number of nitrogens with zero attached hydrogens (tertiary/aromatic N) is 2. The number of carbonyl (C=O) groups excluding carboxylic acids is 2. The van der Waals surface area contributed by atoms with E-state index in [1.807, 2.05) is 45.0 Å². The molecule has 0 spiro atoms. The number of ether oxygens (including phenoxy) is 1. The van der Waals surface area contributed by atoms with E-state index in [9.17, 15) is 9.59 Å². The van der Waals surface area contributed by atoms with Gasteiger partial charge in [0.15, 0.2) is 0 Å². The fourth-order valence-electron chi connectivity index (χ4n) is 2.60. The monoisotopic (exact) mass is 333 g/mol. The molecule has 6 nitrogen and oxygen atoms in total. The van der Waals surface area contributed by atoms with Crippen molar-refractivity contribution in [3.63, 3.8) is 0 Å². The van der Waals surface area contributed by atoms with Gasteiger partial charge < -0.3 is 15.0 Å². The van der Waals surface area contributed by atoms with Crippen molar-refractivity contribution in [2.45, 2.75) is 32.8 Å². The molecular formula is C18H27N3O3. The smallest absolute Gasteiger partial charge is 0.410 e. The van der Waals surface area contributed by atoms with Gasteiger partial charge in [-0.25, -0.2) is 4.79 Å². The molecule has 132 valence electrons. The van der Waals surface area contributed by atoms with E-state index in [2.05, 4.69) is 10.2 Å². The van der Waals surface area contributed by atoms with Crippen LogP contribution in [0.25, 0.3) is 0 Å². The number of amides is 2. The fourth-order valence-corrected chi connectivity index (χ4v) is 2.60. The fraction of sp³-hybridized carbons (Fsp3) is 0.556. The Morgan fingerprint density at radius 2 is 1.79 bits per heavy atom. The molecule has 0 radical (unpaired) electrons. The first-order chi connectivity index (χ1) is 11.4. The Bertz CT molecular complexity index is 544. The number of anilines is 1. The number of nitrogens with one attached hydrogen (secondary N) is 1. The van der Waals surface area contributed by atoms with Gasteiger partial charge in [0.05, 0.1) is 0 Å². The molecule has 1 saturated heterocycles. The maximum absolute atomic E-state index is 12.0. The summed E-state index contributed by atoms with van der Waals surface area (Å²) in [4.78, 5) is 26.6. The van der Waals surface area contributed by atoms with Crippen molar-refractivity contribution < 1.29 is 14.3 Å². The lowest BCUT2D eigenvalue weighted by molar-refractivity contribution is -0.105. The highest BCUT2D eigenvalue weighted by molar-refractivity contribution is 5.71. The maximum atomic E-state index is 12.0. The van der Waals surface area contributed by atoms with Crippen molar-refractivity contribution >= 4 is 18.2 Å². The summed E-state index contributed by atoms with van der Waals surface area (Å²) >= 11 is 0. The summed E-state index contributed by atoms with van der Waals surface area (Å²) in [5.74, 6) is 0. The molecule has 1 aliphatic rings. The van der Waals surface area contributed by atoms with Crippen LogP contribution in [0.15, 0.2) is 24.3 Å². The first-order valence-electron chi connectivity index (χ1n) is 8.37. The van der Waals surface area contributed by atoms with Crippen molar-refractivity contribution in [1.82, 2.24) is 9.80 Å². The van der Waals surface area contributed by atoms with Crippen LogP contribution in [0.3, 0.4) is 0 Å². The number of piperazine rings is 1. The van der Waals surface area contributed by atoms with Gasteiger partial charge in [-0.15, -0.1) is 0 Å². The Hall–Kier alpha value is -2.08. The van der Waals surface area contributed by atoms with Crippen LogP contribution in [0.1, 0.15) is 26.3 Å². The summed E-state index contributed by atoms with van der Waals surface area (Å²) in [5.41, 5.74) is 1.60. The summed E-state index contributed by atoms with van der Waals surface area (Å²) in [6.45, 7) is 9.76. The van der Waals surface area contributed by atoms with Gasteiger partial charge in [0.1, 0.15) is 5.60 Å². The zero-order valence-electron chi connectivity index (χ0n) is 14.7. The third-order valence-corrected chi connectivity index (χ3v) is 3.92. The summed E-state index contributed by atoms with van der Waals surface area (Å²) in [5, 5.41) is 2.63. The lowest BCUT2D eigenvalue weighted by Crippen LogP contribution is -2.50. The van der Waals surface area contributed by atoms with Crippen LogP contribution in [-0.4, -0.2) is 60.6 Å². The van der Waals surface area contributed by atoms with Crippen LogP contribution in [0.5, 0.6) is 0 Å². The van der Waals surface area contributed by atoms with Gasteiger partial charge in [0.2, 0.25) is 6.41 Å². The minimum Gasteiger partial charge on any atom is -0.444 e. The van der Waals surface area contributed by atoms with Gasteiger partial charge in [-0.1, -0.05) is 12.1 Å². The molecule has 2 amide bonds. The van der Waals surface area contributed by atoms with Crippen molar-refractivity contribution in [3.8, 4) is 0 Å². The normalized spacial score (nSPS) is 15.9. The Kier molecular flexibility index (Phi) is 6.20. The molecule has 2 rings (SSSR count).